The van der Waals surface area contributed by atoms with E-state index >= 15 is 0 Å². The van der Waals surface area contributed by atoms with Crippen molar-refractivity contribution in [2.75, 3.05) is 7.05 Å². The summed E-state index contributed by atoms with van der Waals surface area (Å²) >= 11 is 2.68. The van der Waals surface area contributed by atoms with Crippen LogP contribution in [0.25, 0.3) is 0 Å². The number of thiophene rings is 2. The summed E-state index contributed by atoms with van der Waals surface area (Å²) in [7, 11) is -1.97. The molecular formula is C13H16N2O3S3. The Morgan fingerprint density at radius 3 is 2.71 bits per heavy atom. The molecule has 0 saturated carbocycles. The Balaban J connectivity index is 1.99. The van der Waals surface area contributed by atoms with Gasteiger partial charge in [0, 0.05) is 13.6 Å². The van der Waals surface area contributed by atoms with Gasteiger partial charge in [-0.1, -0.05) is 6.07 Å². The number of hydrogen-bond acceptors (Lipinski definition) is 5. The Hall–Kier alpha value is -1.22. The van der Waals surface area contributed by atoms with Gasteiger partial charge in [0.1, 0.15) is 4.21 Å². The topological polar surface area (TPSA) is 66.5 Å². The normalized spacial score (nSPS) is 13.0. The van der Waals surface area contributed by atoms with Crippen molar-refractivity contribution in [3.8, 4) is 0 Å². The van der Waals surface area contributed by atoms with Crippen LogP contribution in [0.1, 0.15) is 12.5 Å². The fourth-order valence-electron chi connectivity index (χ4n) is 1.82. The summed E-state index contributed by atoms with van der Waals surface area (Å²) < 4.78 is 26.8. The maximum Gasteiger partial charge on any atom is 0.250 e. The molecule has 1 N–H and O–H groups in total. The molecule has 0 radical (unpaired) electrons. The largest absolute Gasteiger partial charge is 0.340 e. The second-order valence-corrected chi connectivity index (χ2v) is 8.27. The standard InChI is InChI=1S/C13H16N2O3S3/c1-10(14-21(17,18)12-4-3-6-20-12)13(16)15(2)8-11-5-7-19-9-11/h3-7,9-10,14H,8H2,1-2H3. The van der Waals surface area contributed by atoms with Crippen LogP contribution in [0.15, 0.2) is 38.5 Å². The molecule has 0 aliphatic heterocycles. The molecule has 0 aliphatic carbocycles. The fourth-order valence-corrected chi connectivity index (χ4v) is 4.69. The van der Waals surface area contributed by atoms with Gasteiger partial charge in [0.15, 0.2) is 0 Å². The molecule has 21 heavy (non-hydrogen) atoms. The lowest BCUT2D eigenvalue weighted by Gasteiger charge is -2.21. The first-order valence-electron chi connectivity index (χ1n) is 6.22. The highest BCUT2D eigenvalue weighted by Crippen LogP contribution is 2.16. The van der Waals surface area contributed by atoms with Gasteiger partial charge in [0.05, 0.1) is 6.04 Å². The van der Waals surface area contributed by atoms with Crippen molar-refractivity contribution in [3.63, 3.8) is 0 Å². The minimum absolute atomic E-state index is 0.211. The van der Waals surface area contributed by atoms with Crippen LogP contribution in [0.5, 0.6) is 0 Å². The molecule has 0 spiro atoms. The number of hydrogen-bond donors (Lipinski definition) is 1. The monoisotopic (exact) mass is 344 g/mol. The third kappa shape index (κ3) is 4.13. The van der Waals surface area contributed by atoms with Crippen LogP contribution >= 0.6 is 22.7 Å². The highest BCUT2D eigenvalue weighted by molar-refractivity contribution is 7.91. The Kier molecular flexibility index (Phi) is 5.15. The van der Waals surface area contributed by atoms with Crippen molar-refractivity contribution >= 4 is 38.6 Å². The van der Waals surface area contributed by atoms with Crippen molar-refractivity contribution in [1.29, 1.82) is 0 Å². The summed E-state index contributed by atoms with van der Waals surface area (Å²) in [6.07, 6.45) is 0. The summed E-state index contributed by atoms with van der Waals surface area (Å²) in [4.78, 5) is 13.7. The van der Waals surface area contributed by atoms with Gasteiger partial charge >= 0.3 is 0 Å². The van der Waals surface area contributed by atoms with Gasteiger partial charge in [-0.05, 0) is 40.8 Å². The molecule has 2 aromatic heterocycles. The van der Waals surface area contributed by atoms with Gasteiger partial charge in [-0.3, -0.25) is 4.79 Å². The van der Waals surface area contributed by atoms with Crippen molar-refractivity contribution in [2.45, 2.75) is 23.7 Å². The van der Waals surface area contributed by atoms with E-state index in [0.717, 1.165) is 16.9 Å². The number of rotatable bonds is 6. The van der Waals surface area contributed by atoms with Crippen molar-refractivity contribution in [2.24, 2.45) is 0 Å². The Morgan fingerprint density at radius 1 is 1.38 bits per heavy atom. The molecule has 0 bridgehead atoms. The van der Waals surface area contributed by atoms with E-state index in [2.05, 4.69) is 4.72 Å². The zero-order chi connectivity index (χ0) is 15.5. The van der Waals surface area contributed by atoms with Crippen LogP contribution in [0.3, 0.4) is 0 Å². The molecule has 2 heterocycles. The summed E-state index contributed by atoms with van der Waals surface area (Å²) in [6, 6.07) is 4.31. The zero-order valence-corrected chi connectivity index (χ0v) is 14.1. The number of likely N-dealkylation sites (N-methyl/N-ethyl adjacent to an activating group) is 1. The molecule has 8 heteroatoms. The number of sulfonamides is 1. The van der Waals surface area contributed by atoms with Crippen LogP contribution in [-0.2, 0) is 21.4 Å². The predicted molar refractivity (Wildman–Crippen MR) is 84.9 cm³/mol. The van der Waals surface area contributed by atoms with Crippen LogP contribution in [0, 0.1) is 0 Å². The van der Waals surface area contributed by atoms with E-state index in [-0.39, 0.29) is 10.1 Å². The average Bonchev–Trinajstić information content (AvgIpc) is 3.10. The van der Waals surface area contributed by atoms with E-state index in [9.17, 15) is 13.2 Å². The Labute approximate surface area is 132 Å². The first-order valence-corrected chi connectivity index (χ1v) is 9.52. The Bertz CT molecular complexity index is 678. The predicted octanol–water partition coefficient (Wildman–Crippen LogP) is 2.14. The number of nitrogens with zero attached hydrogens (tertiary/aromatic N) is 1. The van der Waals surface area contributed by atoms with Gasteiger partial charge in [0.2, 0.25) is 5.91 Å². The zero-order valence-electron chi connectivity index (χ0n) is 11.6. The quantitative estimate of drug-likeness (QED) is 0.873. The van der Waals surface area contributed by atoms with Gasteiger partial charge in [-0.15, -0.1) is 11.3 Å². The van der Waals surface area contributed by atoms with Crippen LogP contribution in [0.2, 0.25) is 0 Å². The summed E-state index contributed by atoms with van der Waals surface area (Å²) in [5, 5.41) is 5.59. The number of nitrogens with one attached hydrogen (secondary N) is 1. The third-order valence-electron chi connectivity index (χ3n) is 2.84. The maximum absolute atomic E-state index is 12.2. The molecule has 1 unspecified atom stereocenters. The molecule has 0 saturated heterocycles. The molecule has 0 fully saturated rings. The minimum Gasteiger partial charge on any atom is -0.340 e. The molecule has 2 rings (SSSR count). The highest BCUT2D eigenvalue weighted by Gasteiger charge is 2.24. The van der Waals surface area contributed by atoms with E-state index in [0.29, 0.717) is 6.54 Å². The molecule has 5 nitrogen and oxygen atoms in total. The molecule has 114 valence electrons. The second kappa shape index (κ2) is 6.69. The van der Waals surface area contributed by atoms with Crippen molar-refractivity contribution in [1.82, 2.24) is 9.62 Å². The molecule has 0 aromatic carbocycles. The smallest absolute Gasteiger partial charge is 0.250 e. The van der Waals surface area contributed by atoms with Crippen molar-refractivity contribution in [3.05, 3.63) is 39.9 Å². The SMILES string of the molecule is CC(NS(=O)(=O)c1cccs1)C(=O)N(C)Cc1ccsc1. The van der Waals surface area contributed by atoms with E-state index < -0.39 is 16.1 Å². The number of amides is 1. The summed E-state index contributed by atoms with van der Waals surface area (Å²) in [5.41, 5.74) is 1.03. The number of carbonyl (C=O) groups excluding carboxylic acids is 1. The minimum atomic E-state index is -3.63. The molecular weight excluding hydrogens is 328 g/mol. The molecule has 0 aliphatic rings. The van der Waals surface area contributed by atoms with E-state index in [1.807, 2.05) is 16.8 Å². The molecule has 1 amide bonds. The van der Waals surface area contributed by atoms with Crippen LogP contribution < -0.4 is 4.72 Å². The van der Waals surface area contributed by atoms with E-state index in [4.69, 9.17) is 0 Å². The average molecular weight is 344 g/mol. The first-order chi connectivity index (χ1) is 9.90. The van der Waals surface area contributed by atoms with Crippen LogP contribution in [-0.4, -0.2) is 32.3 Å². The lowest BCUT2D eigenvalue weighted by Crippen LogP contribution is -2.45. The fraction of sp³-hybridized carbons (Fsp3) is 0.308. The van der Waals surface area contributed by atoms with Gasteiger partial charge < -0.3 is 4.90 Å². The second-order valence-electron chi connectivity index (χ2n) is 4.60. The first kappa shape index (κ1) is 16.2. The van der Waals surface area contributed by atoms with Crippen molar-refractivity contribution < 1.29 is 13.2 Å². The van der Waals surface area contributed by atoms with Gasteiger partial charge in [-0.25, -0.2) is 8.42 Å². The van der Waals surface area contributed by atoms with E-state index in [1.165, 1.54) is 11.0 Å². The summed E-state index contributed by atoms with van der Waals surface area (Å²) in [5.74, 6) is -0.263. The van der Waals surface area contributed by atoms with E-state index in [1.54, 1.807) is 36.8 Å². The number of carbonyl (C=O) groups is 1. The van der Waals surface area contributed by atoms with Gasteiger partial charge in [-0.2, -0.15) is 16.1 Å². The summed E-state index contributed by atoms with van der Waals surface area (Å²) in [6.45, 7) is 2.02. The highest BCUT2D eigenvalue weighted by atomic mass is 32.2. The maximum atomic E-state index is 12.2. The van der Waals surface area contributed by atoms with Crippen LogP contribution in [0.4, 0.5) is 0 Å². The lowest BCUT2D eigenvalue weighted by molar-refractivity contribution is -0.131. The molecule has 1 atom stereocenters. The Morgan fingerprint density at radius 2 is 2.14 bits per heavy atom. The molecule has 2 aromatic rings. The third-order valence-corrected chi connectivity index (χ3v) is 6.51. The lowest BCUT2D eigenvalue weighted by atomic mass is 10.2. The van der Waals surface area contributed by atoms with Gasteiger partial charge in [0.25, 0.3) is 10.0 Å².